The maximum Gasteiger partial charge on any atom is 0.253 e. The number of nitrogens with zero attached hydrogens (tertiary/aromatic N) is 6. The second kappa shape index (κ2) is 6.46. The van der Waals surface area contributed by atoms with Crippen LogP contribution in [-0.2, 0) is 19.4 Å². The second-order valence-corrected chi connectivity index (χ2v) is 6.06. The summed E-state index contributed by atoms with van der Waals surface area (Å²) in [5.74, 6) is 2.55. The highest BCUT2D eigenvalue weighted by Gasteiger charge is 2.23. The Morgan fingerprint density at radius 3 is 3.00 bits per heavy atom. The Labute approximate surface area is 144 Å². The van der Waals surface area contributed by atoms with E-state index in [9.17, 15) is 4.79 Å². The van der Waals surface area contributed by atoms with E-state index in [1.165, 1.54) is 0 Å². The average Bonchev–Trinajstić information content (AvgIpc) is 3.31. The molecule has 8 nitrogen and oxygen atoms in total. The van der Waals surface area contributed by atoms with Crippen LogP contribution in [0.5, 0.6) is 0 Å². The summed E-state index contributed by atoms with van der Waals surface area (Å²) < 4.78 is 3.77. The number of fused-ring (bicyclic) bond motifs is 1. The van der Waals surface area contributed by atoms with E-state index in [4.69, 9.17) is 0 Å². The van der Waals surface area contributed by atoms with Crippen molar-refractivity contribution >= 4 is 5.91 Å². The van der Waals surface area contributed by atoms with Crippen molar-refractivity contribution in [2.24, 2.45) is 0 Å². The third-order valence-corrected chi connectivity index (χ3v) is 4.42. The number of rotatable bonds is 4. The molecule has 8 heteroatoms. The highest BCUT2D eigenvalue weighted by atomic mass is 16.1. The second-order valence-electron chi connectivity index (χ2n) is 6.06. The molecular weight excluding hydrogens is 318 g/mol. The van der Waals surface area contributed by atoms with Gasteiger partial charge in [-0.15, -0.1) is 10.2 Å². The van der Waals surface area contributed by atoms with Gasteiger partial charge in [0.2, 0.25) is 0 Å². The van der Waals surface area contributed by atoms with Crippen LogP contribution in [0.3, 0.4) is 0 Å². The first-order valence-electron chi connectivity index (χ1n) is 8.42. The molecule has 0 fully saturated rings. The molecule has 0 saturated heterocycles. The highest BCUT2D eigenvalue weighted by Crippen LogP contribution is 2.16. The van der Waals surface area contributed by atoms with Crippen molar-refractivity contribution < 1.29 is 4.79 Å². The Morgan fingerprint density at radius 2 is 2.28 bits per heavy atom. The van der Waals surface area contributed by atoms with Gasteiger partial charge in [-0.25, -0.2) is 9.67 Å². The number of hydrogen-bond donors (Lipinski definition) is 1. The summed E-state index contributed by atoms with van der Waals surface area (Å²) in [5.41, 5.74) is 0.543. The number of aromatic nitrogens is 6. The van der Waals surface area contributed by atoms with Crippen LogP contribution < -0.4 is 5.32 Å². The van der Waals surface area contributed by atoms with Gasteiger partial charge >= 0.3 is 0 Å². The molecular formula is C17H19N7O. The molecule has 3 aromatic heterocycles. The van der Waals surface area contributed by atoms with Crippen LogP contribution in [0.15, 0.2) is 36.8 Å². The summed E-state index contributed by atoms with van der Waals surface area (Å²) in [6.07, 6.45) is 7.62. The molecule has 0 bridgehead atoms. The lowest BCUT2D eigenvalue weighted by molar-refractivity contribution is 0.0927. The zero-order chi connectivity index (χ0) is 17.2. The lowest BCUT2D eigenvalue weighted by atomic mass is 10.1. The van der Waals surface area contributed by atoms with Crippen molar-refractivity contribution in [2.45, 2.75) is 38.8 Å². The van der Waals surface area contributed by atoms with Crippen LogP contribution >= 0.6 is 0 Å². The van der Waals surface area contributed by atoms with Crippen molar-refractivity contribution in [1.29, 1.82) is 0 Å². The normalized spacial score (nSPS) is 16.4. The van der Waals surface area contributed by atoms with Crippen LogP contribution in [0, 0.1) is 0 Å². The Hall–Kier alpha value is -3.03. The smallest absolute Gasteiger partial charge is 0.253 e. The topological polar surface area (TPSA) is 90.5 Å². The first-order chi connectivity index (χ1) is 12.2. The Kier molecular flexibility index (Phi) is 4.01. The zero-order valence-electron chi connectivity index (χ0n) is 14.0. The largest absolute Gasteiger partial charge is 0.347 e. The number of hydrogen-bond acceptors (Lipinski definition) is 5. The lowest BCUT2D eigenvalue weighted by Gasteiger charge is -2.25. The summed E-state index contributed by atoms with van der Waals surface area (Å²) in [5, 5.41) is 15.6. The molecule has 0 aromatic carbocycles. The summed E-state index contributed by atoms with van der Waals surface area (Å²) in [4.78, 5) is 16.8. The fraction of sp³-hybridized carbons (Fsp3) is 0.353. The van der Waals surface area contributed by atoms with Gasteiger partial charge in [0.05, 0.1) is 5.56 Å². The van der Waals surface area contributed by atoms with E-state index in [1.54, 1.807) is 29.2 Å². The van der Waals surface area contributed by atoms with Gasteiger partial charge < -0.3 is 9.88 Å². The third-order valence-electron chi connectivity index (χ3n) is 4.42. The van der Waals surface area contributed by atoms with Crippen LogP contribution in [0.4, 0.5) is 0 Å². The summed E-state index contributed by atoms with van der Waals surface area (Å²) in [7, 11) is 0. The Morgan fingerprint density at radius 1 is 1.36 bits per heavy atom. The van der Waals surface area contributed by atoms with Gasteiger partial charge in [0.1, 0.15) is 11.6 Å². The Bertz CT molecular complexity index is 854. The number of aryl methyl sites for hydroxylation is 2. The number of carbonyl (C=O) groups is 1. The standard InChI is InChI=1S/C17H19N7O/c1-2-14-21-22-16-7-5-13(11-23(14)16)20-17(25)12-4-6-15(18-10-12)24-9-3-8-19-24/h3-4,6,8-10,13H,2,5,7,11H2,1H3,(H,20,25)/t13-/m0/s1. The van der Waals surface area contributed by atoms with E-state index in [0.29, 0.717) is 11.4 Å². The molecule has 4 heterocycles. The minimum Gasteiger partial charge on any atom is -0.347 e. The maximum atomic E-state index is 12.5. The first kappa shape index (κ1) is 15.5. The summed E-state index contributed by atoms with van der Waals surface area (Å²) in [6, 6.07) is 5.46. The molecule has 1 amide bonds. The van der Waals surface area contributed by atoms with E-state index in [-0.39, 0.29) is 11.9 Å². The molecule has 0 saturated carbocycles. The minimum atomic E-state index is -0.112. The molecule has 1 aliphatic rings. The summed E-state index contributed by atoms with van der Waals surface area (Å²) in [6.45, 7) is 2.78. The predicted molar refractivity (Wildman–Crippen MR) is 90.3 cm³/mol. The van der Waals surface area contributed by atoms with Gasteiger partial charge in [-0.1, -0.05) is 6.92 Å². The summed E-state index contributed by atoms with van der Waals surface area (Å²) >= 11 is 0. The van der Waals surface area contributed by atoms with Crippen molar-refractivity contribution in [2.75, 3.05) is 0 Å². The Balaban J connectivity index is 1.44. The third kappa shape index (κ3) is 3.02. The molecule has 0 unspecified atom stereocenters. The van der Waals surface area contributed by atoms with Crippen LogP contribution in [0.25, 0.3) is 5.82 Å². The van der Waals surface area contributed by atoms with Gasteiger partial charge in [0.15, 0.2) is 5.82 Å². The quantitative estimate of drug-likeness (QED) is 0.772. The molecule has 25 heavy (non-hydrogen) atoms. The van der Waals surface area contributed by atoms with E-state index in [0.717, 1.165) is 37.5 Å². The molecule has 0 aliphatic carbocycles. The SMILES string of the molecule is CCc1nnc2n1C[C@@H](NC(=O)c1ccc(-n3cccn3)nc1)CC2. The van der Waals surface area contributed by atoms with Gasteiger partial charge in [0, 0.05) is 44.0 Å². The van der Waals surface area contributed by atoms with E-state index >= 15 is 0 Å². The van der Waals surface area contributed by atoms with Crippen molar-refractivity contribution in [3.8, 4) is 5.82 Å². The molecule has 1 N–H and O–H groups in total. The van der Waals surface area contributed by atoms with Crippen LogP contribution in [-0.4, -0.2) is 41.5 Å². The number of carbonyl (C=O) groups excluding carboxylic acids is 1. The van der Waals surface area contributed by atoms with Gasteiger partial charge in [-0.2, -0.15) is 5.10 Å². The van der Waals surface area contributed by atoms with Gasteiger partial charge in [-0.05, 0) is 24.6 Å². The highest BCUT2D eigenvalue weighted by molar-refractivity contribution is 5.94. The van der Waals surface area contributed by atoms with E-state index in [1.807, 2.05) is 12.3 Å². The first-order valence-corrected chi connectivity index (χ1v) is 8.42. The van der Waals surface area contributed by atoms with Crippen molar-refractivity contribution in [3.05, 3.63) is 54.0 Å². The molecule has 1 atom stereocenters. The molecule has 0 radical (unpaired) electrons. The van der Waals surface area contributed by atoms with E-state index < -0.39 is 0 Å². The fourth-order valence-electron chi connectivity index (χ4n) is 3.09. The van der Waals surface area contributed by atoms with Gasteiger partial charge in [-0.3, -0.25) is 4.79 Å². The maximum absolute atomic E-state index is 12.5. The average molecular weight is 337 g/mol. The molecule has 3 aromatic rings. The molecule has 128 valence electrons. The number of nitrogens with one attached hydrogen (secondary N) is 1. The van der Waals surface area contributed by atoms with Crippen molar-refractivity contribution in [3.63, 3.8) is 0 Å². The zero-order valence-corrected chi connectivity index (χ0v) is 14.0. The molecule has 0 spiro atoms. The van der Waals surface area contributed by atoms with Crippen LogP contribution in [0.2, 0.25) is 0 Å². The number of pyridine rings is 1. The van der Waals surface area contributed by atoms with Crippen LogP contribution in [0.1, 0.15) is 35.4 Å². The predicted octanol–water partition coefficient (Wildman–Crippen LogP) is 1.17. The van der Waals surface area contributed by atoms with Gasteiger partial charge in [0.25, 0.3) is 5.91 Å². The van der Waals surface area contributed by atoms with Crippen molar-refractivity contribution in [1.82, 2.24) is 34.8 Å². The fourth-order valence-corrected chi connectivity index (χ4v) is 3.09. The number of amides is 1. The molecule has 1 aliphatic heterocycles. The minimum absolute atomic E-state index is 0.0760. The molecule has 4 rings (SSSR count). The van der Waals surface area contributed by atoms with E-state index in [2.05, 4.69) is 37.1 Å². The lowest BCUT2D eigenvalue weighted by Crippen LogP contribution is -2.41. The monoisotopic (exact) mass is 337 g/mol.